The maximum Gasteiger partial charge on any atom is 0.323 e. The number of carbonyl (C=O) groups is 2. The number of hydrogen-bond donors (Lipinski definition) is 3. The minimum Gasteiger partial charge on any atom is -0.507 e. The molecule has 0 spiro atoms. The van der Waals surface area contributed by atoms with Gasteiger partial charge in [0.2, 0.25) is 5.91 Å². The Morgan fingerprint density at radius 1 is 0.914 bits per heavy atom. The van der Waals surface area contributed by atoms with Gasteiger partial charge in [0.05, 0.1) is 51.0 Å². The van der Waals surface area contributed by atoms with Crippen LogP contribution in [0.15, 0.2) is 106 Å². The van der Waals surface area contributed by atoms with E-state index in [2.05, 4.69) is 16.8 Å². The van der Waals surface area contributed by atoms with Crippen molar-refractivity contribution < 1.29 is 38.2 Å². The third-order valence-electron chi connectivity index (χ3n) is 9.81. The lowest BCUT2D eigenvalue weighted by atomic mass is 9.98. The highest BCUT2D eigenvalue weighted by atomic mass is 32.2. The lowest BCUT2D eigenvalue weighted by molar-refractivity contribution is -0.384. The fourth-order valence-electron chi connectivity index (χ4n) is 7.22. The molecule has 0 aliphatic carbocycles. The van der Waals surface area contributed by atoms with Gasteiger partial charge in [-0.2, -0.15) is 0 Å². The van der Waals surface area contributed by atoms with Crippen LogP contribution in [-0.4, -0.2) is 48.2 Å². The van der Waals surface area contributed by atoms with Crippen LogP contribution in [0.2, 0.25) is 0 Å². The molecule has 0 saturated heterocycles. The predicted octanol–water partition coefficient (Wildman–Crippen LogP) is 5.27. The normalized spacial score (nSPS) is 16.6. The molecular formula is C40H22FN6O10S. The van der Waals surface area contributed by atoms with Gasteiger partial charge in [-0.05, 0) is 48.5 Å². The maximum absolute atomic E-state index is 15.8. The molecule has 1 unspecified atom stereocenters. The van der Waals surface area contributed by atoms with Crippen LogP contribution >= 0.6 is 11.8 Å². The first-order valence-electron chi connectivity index (χ1n) is 17.3. The zero-order valence-corrected chi connectivity index (χ0v) is 30.1. The molecule has 6 heterocycles. The van der Waals surface area contributed by atoms with Gasteiger partial charge in [0.15, 0.2) is 23.9 Å². The number of phenolic OH excluding ortho intramolecular Hbond substituents is 1. The highest BCUT2D eigenvalue weighted by molar-refractivity contribution is 8.00. The van der Waals surface area contributed by atoms with Crippen molar-refractivity contribution in [3.63, 3.8) is 0 Å². The number of fused-ring (bicyclic) bond motifs is 5. The van der Waals surface area contributed by atoms with Crippen molar-refractivity contribution >= 4 is 57.1 Å². The summed E-state index contributed by atoms with van der Waals surface area (Å²) in [6.07, 6.45) is 4.34. The number of nitro groups is 1. The van der Waals surface area contributed by atoms with Crippen LogP contribution in [0.3, 0.4) is 0 Å². The molecule has 3 aliphatic heterocycles. The van der Waals surface area contributed by atoms with E-state index >= 15 is 4.39 Å². The number of amides is 2. The van der Waals surface area contributed by atoms with E-state index in [4.69, 9.17) is 19.2 Å². The van der Waals surface area contributed by atoms with Gasteiger partial charge in [-0.15, -0.1) is 11.8 Å². The van der Waals surface area contributed by atoms with E-state index in [9.17, 15) is 34.4 Å². The molecule has 16 nitrogen and oxygen atoms in total. The Labute approximate surface area is 327 Å². The number of anilines is 2. The van der Waals surface area contributed by atoms with Gasteiger partial charge in [0.25, 0.3) is 22.7 Å². The van der Waals surface area contributed by atoms with E-state index in [1.807, 2.05) is 0 Å². The standard InChI is InChI=1S/C40H22FN6O10S/c41-23-12-29-24(42-35(49)17-55-29)13-27(23)46-16-22(20-4-3-5-28(48)38(20)39(46)52)21-11-30-31(14-26(21)47(53)54)57-40(56-30,19-7-8-32-25(10-19)43-36(50)18-58-32)33-15-37(51)45-9-2-1-6-34(45)44-33/h1-15,48H,17-18H2,(H,42,49)(H,43,50). The van der Waals surface area contributed by atoms with Crippen LogP contribution in [0.5, 0.6) is 23.0 Å². The molecule has 18 heteroatoms. The molecule has 3 aromatic heterocycles. The van der Waals surface area contributed by atoms with Gasteiger partial charge in [-0.3, -0.25) is 38.3 Å². The Bertz CT molecular complexity index is 3150. The van der Waals surface area contributed by atoms with E-state index < -0.39 is 50.7 Å². The maximum atomic E-state index is 15.8. The second-order valence-electron chi connectivity index (χ2n) is 13.3. The summed E-state index contributed by atoms with van der Waals surface area (Å²) in [6, 6.07) is 19.8. The average molecular weight is 798 g/mol. The number of phenols is 1. The Morgan fingerprint density at radius 3 is 2.55 bits per heavy atom. The molecule has 1 atom stereocenters. The summed E-state index contributed by atoms with van der Waals surface area (Å²) in [5, 5.41) is 29.0. The predicted molar refractivity (Wildman–Crippen MR) is 206 cm³/mol. The second kappa shape index (κ2) is 12.6. The highest BCUT2D eigenvalue weighted by Crippen LogP contribution is 2.52. The topological polar surface area (TPSA) is 206 Å². The molecule has 285 valence electrons. The minimum atomic E-state index is -2.04. The quantitative estimate of drug-likeness (QED) is 0.151. The van der Waals surface area contributed by atoms with E-state index in [0.717, 1.165) is 27.7 Å². The smallest absolute Gasteiger partial charge is 0.323 e. The molecule has 3 aliphatic rings. The molecule has 0 fully saturated rings. The largest absolute Gasteiger partial charge is 0.507 e. The first kappa shape index (κ1) is 34.7. The number of nitrogens with one attached hydrogen (secondary N) is 2. The number of hydrogen-bond acceptors (Lipinski definition) is 12. The number of pyridine rings is 2. The van der Waals surface area contributed by atoms with Gasteiger partial charge >= 0.3 is 5.79 Å². The van der Waals surface area contributed by atoms with Crippen molar-refractivity contribution in [1.82, 2.24) is 14.0 Å². The number of nitrogens with zero attached hydrogens (tertiary/aromatic N) is 4. The second-order valence-corrected chi connectivity index (χ2v) is 14.3. The molecule has 10 rings (SSSR count). The van der Waals surface area contributed by atoms with Crippen LogP contribution in [0.4, 0.5) is 21.5 Å². The first-order chi connectivity index (χ1) is 28.0. The Morgan fingerprint density at radius 2 is 1.72 bits per heavy atom. The molecule has 0 bridgehead atoms. The van der Waals surface area contributed by atoms with E-state index in [1.54, 1.807) is 36.4 Å². The number of nitro benzene ring substituents is 1. The highest BCUT2D eigenvalue weighted by Gasteiger charge is 2.49. The summed E-state index contributed by atoms with van der Waals surface area (Å²) < 4.78 is 36.3. The molecule has 3 N–H and O–H groups in total. The summed E-state index contributed by atoms with van der Waals surface area (Å²) in [5.41, 5.74) is -1.68. The molecule has 0 saturated carbocycles. The van der Waals surface area contributed by atoms with Crippen LogP contribution in [0, 0.1) is 22.1 Å². The van der Waals surface area contributed by atoms with Crippen molar-refractivity contribution in [2.75, 3.05) is 23.0 Å². The van der Waals surface area contributed by atoms with Crippen LogP contribution in [0.1, 0.15) is 11.3 Å². The summed E-state index contributed by atoms with van der Waals surface area (Å²) in [6.45, 7) is -0.350. The van der Waals surface area contributed by atoms with Crippen LogP contribution < -0.4 is 36.0 Å². The fraction of sp³-hybridized carbons (Fsp3) is 0.0750. The van der Waals surface area contributed by atoms with E-state index in [1.165, 1.54) is 52.7 Å². The molecular weight excluding hydrogens is 776 g/mol. The number of benzene rings is 4. The Hall–Kier alpha value is -7.73. The van der Waals surface area contributed by atoms with Crippen molar-refractivity contribution in [1.29, 1.82) is 0 Å². The van der Waals surface area contributed by atoms with Gasteiger partial charge in [-0.1, -0.05) is 18.2 Å². The van der Waals surface area contributed by atoms with Crippen molar-refractivity contribution in [2.24, 2.45) is 0 Å². The SMILES string of the molecule is O=C1COc2cc(F)c(-n3[c]c(-c4cc5c(cc4[N+](=O)[O-])OC(c4ccc6c(c4)NC(=O)CS6)(c4cc(=O)n6ccccc6n4)O5)c4cccc(O)c4c3=O)cc2N1. The first-order valence-corrected chi connectivity index (χ1v) is 18.3. The number of carbonyl (C=O) groups excluding carboxylic acids is 2. The number of halogens is 1. The molecule has 7 aromatic rings. The minimum absolute atomic E-state index is 0.0105. The lowest BCUT2D eigenvalue weighted by Crippen LogP contribution is -2.39. The van der Waals surface area contributed by atoms with Gasteiger partial charge < -0.3 is 30.0 Å². The molecule has 2 amide bonds. The van der Waals surface area contributed by atoms with Crippen LogP contribution in [-0.2, 0) is 15.4 Å². The van der Waals surface area contributed by atoms with Crippen molar-refractivity contribution in [3.05, 3.63) is 145 Å². The summed E-state index contributed by atoms with van der Waals surface area (Å²) in [5.74, 6) is -4.25. The molecule has 1 radical (unpaired) electrons. The van der Waals surface area contributed by atoms with Crippen LogP contribution in [0.25, 0.3) is 33.2 Å². The number of aromatic nitrogens is 3. The average Bonchev–Trinajstić information content (AvgIpc) is 3.60. The fourth-order valence-corrected chi connectivity index (χ4v) is 8.00. The Balaban J connectivity index is 1.20. The summed E-state index contributed by atoms with van der Waals surface area (Å²) in [4.78, 5) is 69.6. The lowest BCUT2D eigenvalue weighted by Gasteiger charge is -2.29. The zero-order valence-electron chi connectivity index (χ0n) is 29.3. The number of thioether (sulfide) groups is 1. The zero-order chi connectivity index (χ0) is 40.0. The molecule has 4 aromatic carbocycles. The summed E-state index contributed by atoms with van der Waals surface area (Å²) in [7, 11) is 0. The number of aromatic hydroxyl groups is 1. The van der Waals surface area contributed by atoms with E-state index in [-0.39, 0.29) is 80.0 Å². The number of rotatable bonds is 5. The number of ether oxygens (including phenoxy) is 3. The van der Waals surface area contributed by atoms with Gasteiger partial charge in [-0.25, -0.2) is 9.37 Å². The van der Waals surface area contributed by atoms with Crippen molar-refractivity contribution in [2.45, 2.75) is 10.7 Å². The summed E-state index contributed by atoms with van der Waals surface area (Å²) >= 11 is 1.32. The van der Waals surface area contributed by atoms with Crippen molar-refractivity contribution in [3.8, 4) is 39.8 Å². The Kier molecular flexibility index (Phi) is 7.58. The molecule has 58 heavy (non-hydrogen) atoms. The third kappa shape index (κ3) is 5.33. The van der Waals surface area contributed by atoms with Gasteiger partial charge in [0, 0.05) is 39.7 Å². The van der Waals surface area contributed by atoms with E-state index in [0.29, 0.717) is 5.69 Å². The monoisotopic (exact) mass is 797 g/mol. The van der Waals surface area contributed by atoms with Gasteiger partial charge in [0.1, 0.15) is 22.8 Å². The third-order valence-corrected chi connectivity index (χ3v) is 10.9.